The topological polar surface area (TPSA) is 75.4 Å². The number of sulfonamides is 1. The first-order chi connectivity index (χ1) is 6.91. The van der Waals surface area contributed by atoms with Gasteiger partial charge in [-0.05, 0) is 12.1 Å². The van der Waals surface area contributed by atoms with Crippen molar-refractivity contribution in [3.8, 4) is 0 Å². The highest BCUT2D eigenvalue weighted by atomic mass is 32.2. The minimum Gasteiger partial charge on any atom is -0.396 e. The fourth-order valence-electron chi connectivity index (χ4n) is 1.18. The Morgan fingerprint density at radius 2 is 1.93 bits per heavy atom. The van der Waals surface area contributed by atoms with Gasteiger partial charge in [0.25, 0.3) is 0 Å². The Hall–Kier alpha value is -1.27. The van der Waals surface area contributed by atoms with Crippen molar-refractivity contribution in [2.45, 2.75) is 4.90 Å². The second-order valence-electron chi connectivity index (χ2n) is 3.25. The Labute approximate surface area is 89.9 Å². The number of nitrogens with zero attached hydrogens (tertiary/aromatic N) is 1. The molecule has 1 aromatic rings. The SMILES string of the molecule is CNc1cccc(S(=O)(=O)N(C)C)c1N. The fourth-order valence-corrected chi connectivity index (χ4v) is 2.22. The van der Waals surface area contributed by atoms with E-state index in [2.05, 4.69) is 5.32 Å². The smallest absolute Gasteiger partial charge is 0.244 e. The van der Waals surface area contributed by atoms with Crippen molar-refractivity contribution in [3.63, 3.8) is 0 Å². The van der Waals surface area contributed by atoms with Crippen LogP contribution in [0.15, 0.2) is 23.1 Å². The van der Waals surface area contributed by atoms with E-state index in [0.717, 1.165) is 4.31 Å². The molecule has 1 aromatic carbocycles. The molecule has 0 heterocycles. The number of nitrogen functional groups attached to an aromatic ring is 1. The molecule has 6 heteroatoms. The minimum atomic E-state index is -3.47. The average molecular weight is 229 g/mol. The molecule has 1 rings (SSSR count). The zero-order chi connectivity index (χ0) is 11.6. The van der Waals surface area contributed by atoms with E-state index >= 15 is 0 Å². The van der Waals surface area contributed by atoms with Crippen LogP contribution in [0.5, 0.6) is 0 Å². The number of nitrogens with two attached hydrogens (primary N) is 1. The molecule has 5 nitrogen and oxygen atoms in total. The number of para-hydroxylation sites is 1. The van der Waals surface area contributed by atoms with Gasteiger partial charge < -0.3 is 11.1 Å². The summed E-state index contributed by atoms with van der Waals surface area (Å²) in [5, 5.41) is 2.84. The van der Waals surface area contributed by atoms with Crippen molar-refractivity contribution in [2.75, 3.05) is 32.2 Å². The van der Waals surface area contributed by atoms with Crippen LogP contribution in [-0.4, -0.2) is 33.9 Å². The van der Waals surface area contributed by atoms with Crippen molar-refractivity contribution in [2.24, 2.45) is 0 Å². The van der Waals surface area contributed by atoms with Crippen LogP contribution < -0.4 is 11.1 Å². The number of rotatable bonds is 3. The zero-order valence-corrected chi connectivity index (χ0v) is 9.80. The molecule has 3 N–H and O–H groups in total. The van der Waals surface area contributed by atoms with Gasteiger partial charge in [0.05, 0.1) is 11.4 Å². The van der Waals surface area contributed by atoms with Gasteiger partial charge in [-0.1, -0.05) is 6.07 Å². The van der Waals surface area contributed by atoms with Crippen molar-refractivity contribution in [3.05, 3.63) is 18.2 Å². The lowest BCUT2D eigenvalue weighted by atomic mass is 10.3. The highest BCUT2D eigenvalue weighted by Gasteiger charge is 2.21. The molecule has 0 saturated carbocycles. The zero-order valence-electron chi connectivity index (χ0n) is 8.98. The number of hydrogen-bond donors (Lipinski definition) is 2. The van der Waals surface area contributed by atoms with Gasteiger partial charge in [0.15, 0.2) is 0 Å². The normalized spacial score (nSPS) is 11.7. The molecule has 84 valence electrons. The molecule has 0 fully saturated rings. The van der Waals surface area contributed by atoms with E-state index in [-0.39, 0.29) is 10.6 Å². The summed E-state index contributed by atoms with van der Waals surface area (Å²) >= 11 is 0. The van der Waals surface area contributed by atoms with Gasteiger partial charge in [0.1, 0.15) is 4.90 Å². The summed E-state index contributed by atoms with van der Waals surface area (Å²) in [6.45, 7) is 0. The Balaban J connectivity index is 3.40. The molecular formula is C9H15N3O2S. The summed E-state index contributed by atoms with van der Waals surface area (Å²) in [5.74, 6) is 0. The molecule has 0 radical (unpaired) electrons. The molecule has 0 aliphatic rings. The molecule has 0 atom stereocenters. The van der Waals surface area contributed by atoms with Gasteiger partial charge in [0, 0.05) is 21.1 Å². The first-order valence-corrected chi connectivity index (χ1v) is 5.84. The third-order valence-corrected chi connectivity index (χ3v) is 3.97. The first-order valence-electron chi connectivity index (χ1n) is 4.40. The molecule has 0 bridgehead atoms. The second-order valence-corrected chi connectivity index (χ2v) is 5.38. The molecule has 0 unspecified atom stereocenters. The Morgan fingerprint density at radius 3 is 2.40 bits per heavy atom. The summed E-state index contributed by atoms with van der Waals surface area (Å²) in [6, 6.07) is 4.87. The van der Waals surface area contributed by atoms with Crippen LogP contribution in [0.2, 0.25) is 0 Å². The first kappa shape index (κ1) is 11.8. The quantitative estimate of drug-likeness (QED) is 0.743. The Bertz CT molecular complexity index is 454. The largest absolute Gasteiger partial charge is 0.396 e. The maximum atomic E-state index is 11.8. The van der Waals surface area contributed by atoms with Crippen LogP contribution in [0.3, 0.4) is 0 Å². The van der Waals surface area contributed by atoms with E-state index in [1.54, 1.807) is 19.2 Å². The maximum Gasteiger partial charge on any atom is 0.244 e. The molecular weight excluding hydrogens is 214 g/mol. The Morgan fingerprint density at radius 1 is 1.33 bits per heavy atom. The van der Waals surface area contributed by atoms with Crippen molar-refractivity contribution in [1.29, 1.82) is 0 Å². The lowest BCUT2D eigenvalue weighted by molar-refractivity contribution is 0.521. The molecule has 0 saturated heterocycles. The van der Waals surface area contributed by atoms with Gasteiger partial charge in [-0.2, -0.15) is 0 Å². The van der Waals surface area contributed by atoms with Crippen LogP contribution in [0, 0.1) is 0 Å². The van der Waals surface area contributed by atoms with Gasteiger partial charge in [0.2, 0.25) is 10.0 Å². The standard InChI is InChI=1S/C9H15N3O2S/c1-11-7-5-4-6-8(9(7)10)15(13,14)12(2)3/h4-6,11H,10H2,1-3H3. The predicted octanol–water partition coefficient (Wildman–Crippen LogP) is 0.561. The lowest BCUT2D eigenvalue weighted by Crippen LogP contribution is -2.23. The monoisotopic (exact) mass is 229 g/mol. The average Bonchev–Trinajstić information content (AvgIpc) is 2.17. The number of benzene rings is 1. The van der Waals surface area contributed by atoms with Crippen LogP contribution in [-0.2, 0) is 10.0 Å². The lowest BCUT2D eigenvalue weighted by Gasteiger charge is -2.15. The van der Waals surface area contributed by atoms with Crippen molar-refractivity contribution >= 4 is 21.4 Å². The highest BCUT2D eigenvalue weighted by Crippen LogP contribution is 2.27. The van der Waals surface area contributed by atoms with Crippen LogP contribution in [0.4, 0.5) is 11.4 Å². The molecule has 0 aliphatic carbocycles. The van der Waals surface area contributed by atoms with Gasteiger partial charge >= 0.3 is 0 Å². The van der Waals surface area contributed by atoms with Crippen LogP contribution in [0.25, 0.3) is 0 Å². The molecule has 0 amide bonds. The summed E-state index contributed by atoms with van der Waals surface area (Å²) < 4.78 is 24.8. The van der Waals surface area contributed by atoms with Gasteiger partial charge in [-0.15, -0.1) is 0 Å². The van der Waals surface area contributed by atoms with E-state index in [1.807, 2.05) is 0 Å². The highest BCUT2D eigenvalue weighted by molar-refractivity contribution is 7.89. The summed E-state index contributed by atoms with van der Waals surface area (Å²) in [5.41, 5.74) is 6.60. The molecule has 15 heavy (non-hydrogen) atoms. The minimum absolute atomic E-state index is 0.124. The van der Waals surface area contributed by atoms with E-state index < -0.39 is 10.0 Å². The number of nitrogens with one attached hydrogen (secondary N) is 1. The van der Waals surface area contributed by atoms with Crippen molar-refractivity contribution < 1.29 is 8.42 Å². The van der Waals surface area contributed by atoms with E-state index in [4.69, 9.17) is 5.73 Å². The van der Waals surface area contributed by atoms with Gasteiger partial charge in [-0.3, -0.25) is 0 Å². The number of hydrogen-bond acceptors (Lipinski definition) is 4. The molecule has 0 aromatic heterocycles. The third-order valence-electron chi connectivity index (χ3n) is 2.09. The van der Waals surface area contributed by atoms with E-state index in [0.29, 0.717) is 5.69 Å². The number of anilines is 2. The fraction of sp³-hybridized carbons (Fsp3) is 0.333. The summed E-state index contributed by atoms with van der Waals surface area (Å²) in [6.07, 6.45) is 0. The van der Waals surface area contributed by atoms with E-state index in [9.17, 15) is 8.42 Å². The predicted molar refractivity (Wildman–Crippen MR) is 61.3 cm³/mol. The van der Waals surface area contributed by atoms with E-state index in [1.165, 1.54) is 20.2 Å². The van der Waals surface area contributed by atoms with Crippen molar-refractivity contribution in [1.82, 2.24) is 4.31 Å². The summed E-state index contributed by atoms with van der Waals surface area (Å²) in [7, 11) is 1.17. The van der Waals surface area contributed by atoms with Crippen LogP contribution in [0.1, 0.15) is 0 Å². The second kappa shape index (κ2) is 4.08. The maximum absolute atomic E-state index is 11.8. The summed E-state index contributed by atoms with van der Waals surface area (Å²) in [4.78, 5) is 0.124. The third kappa shape index (κ3) is 2.05. The molecule has 0 aliphatic heterocycles. The van der Waals surface area contributed by atoms with Gasteiger partial charge in [-0.25, -0.2) is 12.7 Å². The molecule has 0 spiro atoms. The van der Waals surface area contributed by atoms with Crippen LogP contribution >= 0.6 is 0 Å². The Kier molecular flexibility index (Phi) is 3.21.